The van der Waals surface area contributed by atoms with Gasteiger partial charge in [-0.3, -0.25) is 4.98 Å². The van der Waals surface area contributed by atoms with E-state index in [0.29, 0.717) is 13.0 Å². The van der Waals surface area contributed by atoms with Gasteiger partial charge in [-0.2, -0.15) is 5.26 Å². The fraction of sp³-hybridized carbons (Fsp3) is 0.545. The van der Waals surface area contributed by atoms with Crippen LogP contribution in [0.25, 0.3) is 0 Å². The van der Waals surface area contributed by atoms with Crippen LogP contribution in [0, 0.1) is 25.2 Å². The van der Waals surface area contributed by atoms with Crippen molar-refractivity contribution in [2.24, 2.45) is 0 Å². The highest BCUT2D eigenvalue weighted by Crippen LogP contribution is 2.11. The van der Waals surface area contributed by atoms with Crippen LogP contribution in [0.5, 0.6) is 0 Å². The number of anilines is 1. The Balaban J connectivity index is 2.83. The fourth-order valence-corrected chi connectivity index (χ4v) is 1.30. The van der Waals surface area contributed by atoms with Crippen LogP contribution in [0.3, 0.4) is 0 Å². The lowest BCUT2D eigenvalue weighted by atomic mass is 10.3. The van der Waals surface area contributed by atoms with Gasteiger partial charge < -0.3 is 4.90 Å². The van der Waals surface area contributed by atoms with E-state index in [-0.39, 0.29) is 0 Å². The lowest BCUT2D eigenvalue weighted by Gasteiger charge is -2.20. The topological polar surface area (TPSA) is 52.8 Å². The highest BCUT2D eigenvalue weighted by atomic mass is 15.2. The molecule has 0 spiro atoms. The third-order valence-electron chi connectivity index (χ3n) is 2.38. The van der Waals surface area contributed by atoms with E-state index in [0.717, 1.165) is 23.8 Å². The summed E-state index contributed by atoms with van der Waals surface area (Å²) in [5.41, 5.74) is 1.90. The molecule has 0 atom stereocenters. The number of hydrogen-bond acceptors (Lipinski definition) is 4. The van der Waals surface area contributed by atoms with E-state index >= 15 is 0 Å². The lowest BCUT2D eigenvalue weighted by molar-refractivity contribution is 0.800. The summed E-state index contributed by atoms with van der Waals surface area (Å²) in [6.45, 7) is 7.50. The predicted octanol–water partition coefficient (Wildman–Crippen LogP) is 1.83. The Morgan fingerprint density at radius 1 is 1.40 bits per heavy atom. The van der Waals surface area contributed by atoms with Crippen molar-refractivity contribution in [1.29, 1.82) is 5.26 Å². The molecule has 0 aromatic carbocycles. The first-order valence-corrected chi connectivity index (χ1v) is 5.11. The molecule has 0 N–H and O–H groups in total. The molecule has 4 nitrogen and oxygen atoms in total. The highest BCUT2D eigenvalue weighted by Gasteiger charge is 2.06. The van der Waals surface area contributed by atoms with Crippen molar-refractivity contribution in [3.63, 3.8) is 0 Å². The summed E-state index contributed by atoms with van der Waals surface area (Å²) in [7, 11) is 0. The molecule has 1 heterocycles. The Kier molecular flexibility index (Phi) is 4.04. The van der Waals surface area contributed by atoms with Crippen LogP contribution >= 0.6 is 0 Å². The van der Waals surface area contributed by atoms with Crippen LogP contribution < -0.4 is 4.90 Å². The molecule has 0 radical (unpaired) electrons. The van der Waals surface area contributed by atoms with E-state index in [4.69, 9.17) is 5.26 Å². The summed E-state index contributed by atoms with van der Waals surface area (Å²) in [6, 6.07) is 2.14. The van der Waals surface area contributed by atoms with Gasteiger partial charge in [-0.1, -0.05) is 0 Å². The molecule has 1 aromatic heterocycles. The molecule has 0 amide bonds. The molecule has 0 aliphatic rings. The number of aryl methyl sites for hydroxylation is 2. The highest BCUT2D eigenvalue weighted by molar-refractivity contribution is 5.37. The second-order valence-electron chi connectivity index (χ2n) is 3.39. The number of nitrogens with zero attached hydrogens (tertiary/aromatic N) is 4. The van der Waals surface area contributed by atoms with Crippen LogP contribution in [0.2, 0.25) is 0 Å². The minimum absolute atomic E-state index is 0.516. The van der Waals surface area contributed by atoms with Gasteiger partial charge in [-0.25, -0.2) is 4.98 Å². The van der Waals surface area contributed by atoms with E-state index in [2.05, 4.69) is 20.9 Å². The first-order valence-electron chi connectivity index (χ1n) is 5.11. The standard InChI is InChI=1S/C11H16N4/c1-4-15(7-5-6-12)11-8-13-9(2)10(3)14-11/h8H,4-5,7H2,1-3H3. The van der Waals surface area contributed by atoms with Gasteiger partial charge in [0.05, 0.1) is 30.1 Å². The van der Waals surface area contributed by atoms with Crippen molar-refractivity contribution in [3.8, 4) is 6.07 Å². The molecule has 0 aliphatic heterocycles. The maximum Gasteiger partial charge on any atom is 0.147 e. The van der Waals surface area contributed by atoms with Gasteiger partial charge in [0.2, 0.25) is 0 Å². The minimum atomic E-state index is 0.516. The zero-order chi connectivity index (χ0) is 11.3. The Bertz CT molecular complexity index is 367. The second kappa shape index (κ2) is 5.30. The lowest BCUT2D eigenvalue weighted by Crippen LogP contribution is -2.25. The Labute approximate surface area is 90.6 Å². The molecule has 0 fully saturated rings. The molecule has 0 unspecified atom stereocenters. The Hall–Kier alpha value is -1.63. The third kappa shape index (κ3) is 2.91. The maximum atomic E-state index is 8.54. The SMILES string of the molecule is CCN(CCC#N)c1cnc(C)c(C)n1. The largest absolute Gasteiger partial charge is 0.355 e. The fourth-order valence-electron chi connectivity index (χ4n) is 1.30. The predicted molar refractivity (Wildman–Crippen MR) is 59.6 cm³/mol. The van der Waals surface area contributed by atoms with Crippen molar-refractivity contribution in [2.45, 2.75) is 27.2 Å². The van der Waals surface area contributed by atoms with E-state index in [1.165, 1.54) is 0 Å². The molecular formula is C11H16N4. The zero-order valence-electron chi connectivity index (χ0n) is 9.49. The summed E-state index contributed by atoms with van der Waals surface area (Å²) >= 11 is 0. The molecule has 0 saturated carbocycles. The summed E-state index contributed by atoms with van der Waals surface area (Å²) in [4.78, 5) is 10.8. The van der Waals surface area contributed by atoms with Crippen LogP contribution in [0.4, 0.5) is 5.82 Å². The van der Waals surface area contributed by atoms with Crippen LogP contribution in [0.15, 0.2) is 6.20 Å². The monoisotopic (exact) mass is 204 g/mol. The minimum Gasteiger partial charge on any atom is -0.355 e. The summed E-state index contributed by atoms with van der Waals surface area (Å²) in [5, 5.41) is 8.54. The number of aromatic nitrogens is 2. The Morgan fingerprint density at radius 3 is 2.67 bits per heavy atom. The van der Waals surface area contributed by atoms with E-state index < -0.39 is 0 Å². The molecule has 1 aromatic rings. The van der Waals surface area contributed by atoms with Crippen molar-refractivity contribution in [2.75, 3.05) is 18.0 Å². The van der Waals surface area contributed by atoms with E-state index in [1.54, 1.807) is 6.20 Å². The summed E-state index contributed by atoms with van der Waals surface area (Å²) < 4.78 is 0. The van der Waals surface area contributed by atoms with Gasteiger partial charge in [0, 0.05) is 13.1 Å². The van der Waals surface area contributed by atoms with Crippen molar-refractivity contribution in [1.82, 2.24) is 9.97 Å². The average Bonchev–Trinajstić information content (AvgIpc) is 2.24. The normalized spacial score (nSPS) is 9.73. The van der Waals surface area contributed by atoms with Crippen molar-refractivity contribution in [3.05, 3.63) is 17.6 Å². The van der Waals surface area contributed by atoms with Crippen molar-refractivity contribution >= 4 is 5.82 Å². The molecule has 0 aliphatic carbocycles. The summed E-state index contributed by atoms with van der Waals surface area (Å²) in [6.07, 6.45) is 2.28. The molecule has 4 heteroatoms. The van der Waals surface area contributed by atoms with Gasteiger partial charge in [-0.15, -0.1) is 0 Å². The zero-order valence-corrected chi connectivity index (χ0v) is 9.49. The number of rotatable bonds is 4. The molecule has 15 heavy (non-hydrogen) atoms. The van der Waals surface area contributed by atoms with Gasteiger partial charge >= 0.3 is 0 Å². The van der Waals surface area contributed by atoms with Gasteiger partial charge in [0.1, 0.15) is 5.82 Å². The van der Waals surface area contributed by atoms with Crippen molar-refractivity contribution < 1.29 is 0 Å². The van der Waals surface area contributed by atoms with Gasteiger partial charge in [-0.05, 0) is 20.8 Å². The van der Waals surface area contributed by atoms with Crippen LogP contribution in [-0.2, 0) is 0 Å². The quantitative estimate of drug-likeness (QED) is 0.750. The molecular weight excluding hydrogens is 188 g/mol. The van der Waals surface area contributed by atoms with Gasteiger partial charge in [0.15, 0.2) is 0 Å². The molecule has 0 bridgehead atoms. The maximum absolute atomic E-state index is 8.54. The number of nitriles is 1. The molecule has 80 valence electrons. The number of hydrogen-bond donors (Lipinski definition) is 0. The third-order valence-corrected chi connectivity index (χ3v) is 2.38. The first kappa shape index (κ1) is 11.4. The Morgan fingerprint density at radius 2 is 2.13 bits per heavy atom. The van der Waals surface area contributed by atoms with E-state index in [1.807, 2.05) is 20.8 Å². The van der Waals surface area contributed by atoms with E-state index in [9.17, 15) is 0 Å². The average molecular weight is 204 g/mol. The van der Waals surface area contributed by atoms with Gasteiger partial charge in [0.25, 0.3) is 0 Å². The second-order valence-corrected chi connectivity index (χ2v) is 3.39. The van der Waals surface area contributed by atoms with Crippen LogP contribution in [-0.4, -0.2) is 23.1 Å². The smallest absolute Gasteiger partial charge is 0.147 e. The summed E-state index contributed by atoms with van der Waals surface area (Å²) in [5.74, 6) is 0.857. The van der Waals surface area contributed by atoms with Crippen LogP contribution in [0.1, 0.15) is 24.7 Å². The molecule has 1 rings (SSSR count). The first-order chi connectivity index (χ1) is 7.19. The molecule has 0 saturated heterocycles.